The molecule has 0 unspecified atom stereocenters. The minimum Gasteiger partial charge on any atom is -0.368 e. The zero-order valence-corrected chi connectivity index (χ0v) is 12.4. The first-order valence-corrected chi connectivity index (χ1v) is 7.36. The Balaban J connectivity index is 1.83. The number of nitrogen functional groups attached to an aromatic ring is 1. The topological polar surface area (TPSA) is 63.8 Å². The number of benzene rings is 2. The van der Waals surface area contributed by atoms with Crippen LogP contribution in [0.4, 0.5) is 17.5 Å². The van der Waals surface area contributed by atoms with Gasteiger partial charge in [-0.05, 0) is 35.4 Å². The molecule has 5 heteroatoms. The number of halogens is 1. The van der Waals surface area contributed by atoms with Crippen molar-refractivity contribution in [1.29, 1.82) is 0 Å². The van der Waals surface area contributed by atoms with Crippen LogP contribution < -0.4 is 11.1 Å². The van der Waals surface area contributed by atoms with E-state index in [2.05, 4.69) is 27.4 Å². The fourth-order valence-corrected chi connectivity index (χ4v) is 2.92. The van der Waals surface area contributed by atoms with Crippen LogP contribution in [0.3, 0.4) is 0 Å². The normalized spacial score (nSPS) is 11.9. The molecule has 3 N–H and O–H groups in total. The Bertz CT molecular complexity index is 859. The van der Waals surface area contributed by atoms with Crippen molar-refractivity contribution in [3.63, 3.8) is 0 Å². The van der Waals surface area contributed by atoms with Crippen molar-refractivity contribution in [3.05, 3.63) is 64.8 Å². The van der Waals surface area contributed by atoms with E-state index in [-0.39, 0.29) is 5.95 Å². The van der Waals surface area contributed by atoms with E-state index in [0.29, 0.717) is 5.02 Å². The van der Waals surface area contributed by atoms with Gasteiger partial charge in [-0.25, -0.2) is 4.98 Å². The second-order valence-corrected chi connectivity index (χ2v) is 5.65. The summed E-state index contributed by atoms with van der Waals surface area (Å²) in [4.78, 5) is 8.77. The number of hydrogen-bond acceptors (Lipinski definition) is 4. The van der Waals surface area contributed by atoms with E-state index in [0.717, 1.165) is 34.7 Å². The zero-order valence-electron chi connectivity index (χ0n) is 11.7. The first kappa shape index (κ1) is 13.1. The molecule has 4 nitrogen and oxygen atoms in total. The fourth-order valence-electron chi connectivity index (χ4n) is 2.80. The predicted octanol–water partition coefficient (Wildman–Crippen LogP) is 4.03. The molecule has 0 saturated heterocycles. The maximum atomic E-state index is 5.93. The number of hydrogen-bond donors (Lipinski definition) is 2. The van der Waals surface area contributed by atoms with E-state index in [9.17, 15) is 0 Å². The number of anilines is 3. The summed E-state index contributed by atoms with van der Waals surface area (Å²) in [5, 5.41) is 4.02. The van der Waals surface area contributed by atoms with E-state index in [1.165, 1.54) is 5.56 Å². The summed E-state index contributed by atoms with van der Waals surface area (Å²) in [5.41, 5.74) is 11.2. The summed E-state index contributed by atoms with van der Waals surface area (Å²) < 4.78 is 0. The van der Waals surface area contributed by atoms with Crippen LogP contribution in [0.5, 0.6) is 0 Å². The third-order valence-corrected chi connectivity index (χ3v) is 4.00. The van der Waals surface area contributed by atoms with E-state index in [4.69, 9.17) is 17.3 Å². The predicted molar refractivity (Wildman–Crippen MR) is 89.4 cm³/mol. The third kappa shape index (κ3) is 2.18. The number of nitrogens with zero attached hydrogens (tertiary/aromatic N) is 2. The van der Waals surface area contributed by atoms with Crippen LogP contribution in [0, 0.1) is 0 Å². The Labute approximate surface area is 133 Å². The molecule has 4 rings (SSSR count). The summed E-state index contributed by atoms with van der Waals surface area (Å²) in [6, 6.07) is 15.8. The molecule has 0 spiro atoms. The van der Waals surface area contributed by atoms with Gasteiger partial charge in [0, 0.05) is 22.7 Å². The lowest BCUT2D eigenvalue weighted by atomic mass is 10.1. The first-order valence-electron chi connectivity index (χ1n) is 6.98. The van der Waals surface area contributed by atoms with Gasteiger partial charge in [-0.15, -0.1) is 0 Å². The van der Waals surface area contributed by atoms with Crippen molar-refractivity contribution in [3.8, 4) is 11.1 Å². The average molecular weight is 309 g/mol. The largest absolute Gasteiger partial charge is 0.368 e. The molecule has 0 fully saturated rings. The average Bonchev–Trinajstić information content (AvgIpc) is 2.87. The van der Waals surface area contributed by atoms with E-state index in [1.54, 1.807) is 0 Å². The molecular weight excluding hydrogens is 296 g/mol. The minimum absolute atomic E-state index is 0.281. The quantitative estimate of drug-likeness (QED) is 0.587. The van der Waals surface area contributed by atoms with Crippen LogP contribution in [0.1, 0.15) is 11.3 Å². The van der Waals surface area contributed by atoms with Gasteiger partial charge < -0.3 is 11.1 Å². The lowest BCUT2D eigenvalue weighted by Crippen LogP contribution is -2.04. The van der Waals surface area contributed by atoms with E-state index >= 15 is 0 Å². The van der Waals surface area contributed by atoms with Crippen molar-refractivity contribution in [2.45, 2.75) is 6.42 Å². The molecule has 0 saturated carbocycles. The molecule has 1 aliphatic rings. The van der Waals surface area contributed by atoms with Gasteiger partial charge in [0.15, 0.2) is 0 Å². The van der Waals surface area contributed by atoms with Crippen molar-refractivity contribution >= 4 is 29.1 Å². The number of rotatable bonds is 2. The molecule has 1 heterocycles. The van der Waals surface area contributed by atoms with Gasteiger partial charge in [0.05, 0.1) is 5.69 Å². The highest BCUT2D eigenvalue weighted by Crippen LogP contribution is 2.40. The Morgan fingerprint density at radius 1 is 1.00 bits per heavy atom. The zero-order chi connectivity index (χ0) is 15.1. The number of nitrogens with two attached hydrogens (primary N) is 1. The molecule has 1 aliphatic carbocycles. The molecule has 22 heavy (non-hydrogen) atoms. The van der Waals surface area contributed by atoms with E-state index in [1.807, 2.05) is 36.4 Å². The molecule has 108 valence electrons. The summed E-state index contributed by atoms with van der Waals surface area (Å²) in [7, 11) is 0. The molecule has 0 amide bonds. The van der Waals surface area contributed by atoms with E-state index < -0.39 is 0 Å². The van der Waals surface area contributed by atoms with Gasteiger partial charge in [0.25, 0.3) is 0 Å². The second-order valence-electron chi connectivity index (χ2n) is 5.22. The van der Waals surface area contributed by atoms with Gasteiger partial charge in [0.2, 0.25) is 5.95 Å². The Hall–Kier alpha value is -2.59. The van der Waals surface area contributed by atoms with Crippen LogP contribution in [0.25, 0.3) is 11.1 Å². The molecule has 3 aromatic rings. The lowest BCUT2D eigenvalue weighted by molar-refractivity contribution is 1.08. The summed E-state index contributed by atoms with van der Waals surface area (Å²) in [6.07, 6.45) is 0.785. The number of nitrogens with one attached hydrogen (secondary N) is 1. The monoisotopic (exact) mass is 308 g/mol. The highest BCUT2D eigenvalue weighted by atomic mass is 35.5. The number of aromatic nitrogens is 2. The van der Waals surface area contributed by atoms with Gasteiger partial charge in [-0.1, -0.05) is 35.9 Å². The highest BCUT2D eigenvalue weighted by Gasteiger charge is 2.24. The van der Waals surface area contributed by atoms with Crippen molar-refractivity contribution < 1.29 is 0 Å². The first-order chi connectivity index (χ1) is 10.7. The van der Waals surface area contributed by atoms with Crippen LogP contribution in [-0.2, 0) is 6.42 Å². The van der Waals surface area contributed by atoms with Crippen molar-refractivity contribution in [2.75, 3.05) is 11.1 Å². The molecule has 0 atom stereocenters. The lowest BCUT2D eigenvalue weighted by Gasteiger charge is -2.11. The minimum atomic E-state index is 0.281. The highest BCUT2D eigenvalue weighted by molar-refractivity contribution is 6.30. The molecular formula is C17H13ClN4. The van der Waals surface area contributed by atoms with Gasteiger partial charge in [0.1, 0.15) is 5.82 Å². The standard InChI is InChI=1S/C17H13ClN4/c18-11-5-7-12(8-6-11)20-16-15-13-4-2-1-3-10(13)9-14(15)21-17(19)22-16/h1-8H,9H2,(H3,19,20,21,22). The molecule has 0 aliphatic heterocycles. The summed E-state index contributed by atoms with van der Waals surface area (Å²) in [5.74, 6) is 1.01. The van der Waals surface area contributed by atoms with Crippen LogP contribution in [0.15, 0.2) is 48.5 Å². The Kier molecular flexibility index (Phi) is 2.98. The summed E-state index contributed by atoms with van der Waals surface area (Å²) >= 11 is 5.93. The SMILES string of the molecule is Nc1nc2c(c(Nc3ccc(Cl)cc3)n1)-c1ccccc1C2. The van der Waals surface area contributed by atoms with Crippen LogP contribution in [-0.4, -0.2) is 9.97 Å². The molecule has 2 aromatic carbocycles. The fraction of sp³-hybridized carbons (Fsp3) is 0.0588. The maximum Gasteiger partial charge on any atom is 0.222 e. The van der Waals surface area contributed by atoms with Crippen LogP contribution >= 0.6 is 11.6 Å². The Morgan fingerprint density at radius 2 is 1.77 bits per heavy atom. The smallest absolute Gasteiger partial charge is 0.222 e. The second kappa shape index (κ2) is 5.00. The molecule has 0 radical (unpaired) electrons. The number of fused-ring (bicyclic) bond motifs is 3. The van der Waals surface area contributed by atoms with Crippen LogP contribution in [0.2, 0.25) is 5.02 Å². The van der Waals surface area contributed by atoms with Crippen molar-refractivity contribution in [2.24, 2.45) is 0 Å². The van der Waals surface area contributed by atoms with Gasteiger partial charge in [-0.3, -0.25) is 0 Å². The van der Waals surface area contributed by atoms with Gasteiger partial charge in [-0.2, -0.15) is 4.98 Å². The molecule has 0 bridgehead atoms. The van der Waals surface area contributed by atoms with Crippen molar-refractivity contribution in [1.82, 2.24) is 9.97 Å². The molecule has 1 aromatic heterocycles. The summed E-state index contributed by atoms with van der Waals surface area (Å²) in [6.45, 7) is 0. The third-order valence-electron chi connectivity index (χ3n) is 3.75. The maximum absolute atomic E-state index is 5.93. The van der Waals surface area contributed by atoms with Gasteiger partial charge >= 0.3 is 0 Å². The Morgan fingerprint density at radius 3 is 2.59 bits per heavy atom.